The van der Waals surface area contributed by atoms with Crippen LogP contribution < -0.4 is 10.4 Å². The lowest BCUT2D eigenvalue weighted by atomic mass is 9.87. The van der Waals surface area contributed by atoms with Crippen molar-refractivity contribution < 1.29 is 25.0 Å². The number of fused-ring (bicyclic) bond motifs is 5. The molecule has 7 nitrogen and oxygen atoms in total. The number of rotatable bonds is 3. The number of piperidine rings is 1. The Bertz CT molecular complexity index is 1030. The van der Waals surface area contributed by atoms with Crippen LogP contribution in [0.5, 0.6) is 0 Å². The van der Waals surface area contributed by atoms with E-state index in [0.29, 0.717) is 12.1 Å². The van der Waals surface area contributed by atoms with Gasteiger partial charge in [0, 0.05) is 16.8 Å². The summed E-state index contributed by atoms with van der Waals surface area (Å²) >= 11 is 0. The highest BCUT2D eigenvalue weighted by atomic mass is 16.6. The second-order valence-electron chi connectivity index (χ2n) is 7.39. The van der Waals surface area contributed by atoms with Gasteiger partial charge in [-0.05, 0) is 31.1 Å². The van der Waals surface area contributed by atoms with Crippen LogP contribution in [0.2, 0.25) is 0 Å². The van der Waals surface area contributed by atoms with E-state index >= 15 is 0 Å². The molecule has 0 saturated carbocycles. The van der Waals surface area contributed by atoms with E-state index in [1.54, 1.807) is 25.6 Å². The molecule has 1 aliphatic carbocycles. The molecule has 0 spiro atoms. The third-order valence-corrected chi connectivity index (χ3v) is 6.04. The summed E-state index contributed by atoms with van der Waals surface area (Å²) in [4.78, 5) is 34.6. The molecule has 2 aromatic rings. The van der Waals surface area contributed by atoms with Gasteiger partial charge in [-0.25, -0.2) is 14.5 Å². The number of imide groups is 1. The van der Waals surface area contributed by atoms with E-state index in [0.717, 1.165) is 22.0 Å². The van der Waals surface area contributed by atoms with E-state index in [1.165, 1.54) is 9.80 Å². The molecular formula is C20H20N3O4+. The van der Waals surface area contributed by atoms with E-state index in [2.05, 4.69) is 0 Å². The van der Waals surface area contributed by atoms with Gasteiger partial charge in [-0.15, -0.1) is 0 Å². The van der Waals surface area contributed by atoms with Gasteiger partial charge in [0.1, 0.15) is 5.54 Å². The molecular weight excluding hydrogens is 346 g/mol. The zero-order chi connectivity index (χ0) is 18.9. The highest BCUT2D eigenvalue weighted by Crippen LogP contribution is 2.50. The van der Waals surface area contributed by atoms with Crippen molar-refractivity contribution >= 4 is 34.1 Å². The van der Waals surface area contributed by atoms with Crippen LogP contribution in [0.4, 0.5) is 16.2 Å². The minimum Gasteiger partial charge on any atom is -0.390 e. The Balaban J connectivity index is 1.67. The predicted octanol–water partition coefficient (Wildman–Crippen LogP) is 1.20. The molecule has 0 radical (unpaired) electrons. The first-order valence-electron chi connectivity index (χ1n) is 8.93. The lowest BCUT2D eigenvalue weighted by Gasteiger charge is -2.37. The Morgan fingerprint density at radius 1 is 1.19 bits per heavy atom. The second kappa shape index (κ2) is 5.39. The predicted molar refractivity (Wildman–Crippen MR) is 98.2 cm³/mol. The maximum atomic E-state index is 13.4. The van der Waals surface area contributed by atoms with Crippen LogP contribution in [0.3, 0.4) is 0 Å². The van der Waals surface area contributed by atoms with Crippen LogP contribution in [0.1, 0.15) is 13.3 Å². The average Bonchev–Trinajstić information content (AvgIpc) is 3.24. The van der Waals surface area contributed by atoms with Crippen LogP contribution in [-0.2, 0) is 9.63 Å². The van der Waals surface area contributed by atoms with Gasteiger partial charge in [0.05, 0.1) is 24.9 Å². The van der Waals surface area contributed by atoms with Crippen molar-refractivity contribution in [2.75, 3.05) is 12.0 Å². The smallest absolute Gasteiger partial charge is 0.333 e. The topological polar surface area (TPSA) is 86.7 Å². The molecule has 2 bridgehead atoms. The van der Waals surface area contributed by atoms with E-state index < -0.39 is 17.7 Å². The van der Waals surface area contributed by atoms with Crippen molar-refractivity contribution in [1.82, 2.24) is 4.90 Å². The number of aliphatic hydroxyl groups excluding tert-OH is 1. The third kappa shape index (κ3) is 1.91. The number of anilines is 1. The molecule has 3 atom stereocenters. The SMILES string of the molecule is CO[NH2+]c1ccc(N2C(=O)N3[C@H]4C=C(C[C@@H]4O)[C@]3(C)C2=O)c2ccccc12. The quantitative estimate of drug-likeness (QED) is 0.370. The van der Waals surface area contributed by atoms with Crippen molar-refractivity contribution in [3.05, 3.63) is 48.0 Å². The van der Waals surface area contributed by atoms with Gasteiger partial charge in [0.2, 0.25) is 0 Å². The molecule has 3 N–H and O–H groups in total. The highest BCUT2D eigenvalue weighted by Gasteiger charge is 2.65. The van der Waals surface area contributed by atoms with Gasteiger partial charge in [-0.2, -0.15) is 5.48 Å². The normalized spacial score (nSPS) is 29.1. The highest BCUT2D eigenvalue weighted by molar-refractivity contribution is 6.28. The maximum Gasteiger partial charge on any atom is 0.333 e. The number of quaternary nitrogens is 1. The van der Waals surface area contributed by atoms with Gasteiger partial charge in [0.25, 0.3) is 5.91 Å². The molecule has 3 amide bonds. The fourth-order valence-electron chi connectivity index (χ4n) is 4.71. The fourth-order valence-corrected chi connectivity index (χ4v) is 4.71. The summed E-state index contributed by atoms with van der Waals surface area (Å²) < 4.78 is 0. The van der Waals surface area contributed by atoms with E-state index in [9.17, 15) is 14.7 Å². The number of carbonyl (C=O) groups is 2. The number of hydrogen-bond donors (Lipinski definition) is 2. The molecule has 0 aromatic heterocycles. The molecule has 2 aliphatic heterocycles. The molecule has 27 heavy (non-hydrogen) atoms. The minimum absolute atomic E-state index is 0.262. The Hall–Kier alpha value is -2.74. The van der Waals surface area contributed by atoms with Crippen molar-refractivity contribution in [2.24, 2.45) is 0 Å². The van der Waals surface area contributed by atoms with Crippen molar-refractivity contribution in [1.29, 1.82) is 0 Å². The van der Waals surface area contributed by atoms with E-state index in [1.807, 2.05) is 36.4 Å². The van der Waals surface area contributed by atoms with Crippen molar-refractivity contribution in [3.63, 3.8) is 0 Å². The van der Waals surface area contributed by atoms with Crippen LogP contribution in [0.25, 0.3) is 10.8 Å². The van der Waals surface area contributed by atoms with Gasteiger partial charge >= 0.3 is 6.03 Å². The van der Waals surface area contributed by atoms with Crippen molar-refractivity contribution in [2.45, 2.75) is 31.0 Å². The lowest BCUT2D eigenvalue weighted by Crippen LogP contribution is -2.76. The molecule has 2 aromatic carbocycles. The third-order valence-electron chi connectivity index (χ3n) is 6.04. The summed E-state index contributed by atoms with van der Waals surface area (Å²) in [5.74, 6) is -0.262. The standard InChI is InChI=1S/C20H19N3O4/c1-20-11-9-16(17(24)10-11)23(20)19(26)22(18(20)25)15-8-7-14(21-27-2)12-5-3-4-6-13(12)15/h3-9,16-17,21,24H,10H2,1-2H3/p+1/t16-,17-,20+/m0/s1. The molecule has 3 aliphatic rings. The summed E-state index contributed by atoms with van der Waals surface area (Å²) in [6.45, 7) is 1.78. The average molecular weight is 366 g/mol. The first-order valence-corrected chi connectivity index (χ1v) is 8.93. The van der Waals surface area contributed by atoms with Crippen LogP contribution >= 0.6 is 0 Å². The largest absolute Gasteiger partial charge is 0.390 e. The number of benzene rings is 2. The Morgan fingerprint density at radius 3 is 2.67 bits per heavy atom. The maximum absolute atomic E-state index is 13.4. The van der Waals surface area contributed by atoms with Crippen molar-refractivity contribution in [3.8, 4) is 0 Å². The zero-order valence-electron chi connectivity index (χ0n) is 15.0. The van der Waals surface area contributed by atoms with E-state index in [4.69, 9.17) is 4.84 Å². The number of amides is 3. The first kappa shape index (κ1) is 16.4. The van der Waals surface area contributed by atoms with Gasteiger partial charge in [0.15, 0.2) is 5.69 Å². The number of urea groups is 1. The fraction of sp³-hybridized carbons (Fsp3) is 0.300. The summed E-state index contributed by atoms with van der Waals surface area (Å²) in [5.41, 5.74) is 2.90. The van der Waals surface area contributed by atoms with Crippen LogP contribution in [0.15, 0.2) is 48.0 Å². The second-order valence-corrected chi connectivity index (χ2v) is 7.39. The van der Waals surface area contributed by atoms with Gasteiger partial charge in [-0.1, -0.05) is 24.3 Å². The van der Waals surface area contributed by atoms with Crippen LogP contribution in [0, 0.1) is 0 Å². The molecule has 7 heteroatoms. The number of hydrogen-bond acceptors (Lipinski definition) is 4. The molecule has 1 saturated heterocycles. The number of nitrogens with zero attached hydrogens (tertiary/aromatic N) is 2. The summed E-state index contributed by atoms with van der Waals surface area (Å²) in [5, 5.41) is 11.9. The lowest BCUT2D eigenvalue weighted by molar-refractivity contribution is -0.829. The molecule has 138 valence electrons. The van der Waals surface area contributed by atoms with Crippen LogP contribution in [-0.4, -0.2) is 46.7 Å². The Kier molecular flexibility index (Phi) is 3.28. The zero-order valence-corrected chi connectivity index (χ0v) is 15.0. The van der Waals surface area contributed by atoms with Gasteiger partial charge < -0.3 is 5.11 Å². The minimum atomic E-state index is -1.00. The Morgan fingerprint density at radius 2 is 1.93 bits per heavy atom. The molecule has 1 fully saturated rings. The molecule has 0 unspecified atom stereocenters. The number of carbonyl (C=O) groups excluding carboxylic acids is 2. The monoisotopic (exact) mass is 366 g/mol. The first-order chi connectivity index (χ1) is 13.0. The van der Waals surface area contributed by atoms with Gasteiger partial charge in [-0.3, -0.25) is 9.69 Å². The molecule has 5 rings (SSSR count). The summed E-state index contributed by atoms with van der Waals surface area (Å²) in [7, 11) is 1.58. The summed E-state index contributed by atoms with van der Waals surface area (Å²) in [6.07, 6.45) is 1.67. The number of nitrogens with two attached hydrogens (primary N) is 1. The number of aliphatic hydroxyl groups is 1. The van der Waals surface area contributed by atoms with E-state index in [-0.39, 0.29) is 11.9 Å². The summed E-state index contributed by atoms with van der Waals surface area (Å²) in [6, 6.07) is 10.4. The molecule has 2 heterocycles. The Labute approximate surface area is 155 Å².